The minimum atomic E-state index is -0.401. The van der Waals surface area contributed by atoms with E-state index in [0.29, 0.717) is 4.73 Å². The highest BCUT2D eigenvalue weighted by Crippen LogP contribution is 2.30. The molecule has 6 nitrogen and oxygen atoms in total. The van der Waals surface area contributed by atoms with Crippen LogP contribution < -0.4 is 4.89 Å². The number of nitrogens with zero attached hydrogens (tertiary/aromatic N) is 2. The summed E-state index contributed by atoms with van der Waals surface area (Å²) in [6.07, 6.45) is 0. The van der Waals surface area contributed by atoms with Gasteiger partial charge in [0.05, 0.1) is 10.5 Å². The summed E-state index contributed by atoms with van der Waals surface area (Å²) in [5, 5.41) is 26.9. The molecule has 0 aliphatic heterocycles. The first-order chi connectivity index (χ1) is 6.63. The van der Waals surface area contributed by atoms with Crippen molar-refractivity contribution in [3.63, 3.8) is 0 Å². The van der Waals surface area contributed by atoms with E-state index in [1.54, 1.807) is 0 Å². The quantitative estimate of drug-likeness (QED) is 0.382. The molecule has 1 heterocycles. The lowest BCUT2D eigenvalue weighted by Crippen LogP contribution is -1.95. The Kier molecular flexibility index (Phi) is 1.87. The first-order valence-corrected chi connectivity index (χ1v) is 3.93. The van der Waals surface area contributed by atoms with Gasteiger partial charge in [0.15, 0.2) is 0 Å². The summed E-state index contributed by atoms with van der Waals surface area (Å²) in [4.78, 5) is 7.44. The number of halogens is 1. The topological polar surface area (TPSA) is 87.7 Å². The second-order valence-corrected chi connectivity index (χ2v) is 3.00. The van der Waals surface area contributed by atoms with Crippen LogP contribution in [0.25, 0.3) is 11.0 Å². The number of phenolic OH excluding ortho intramolecular Hbond substituents is 1. The average molecular weight is 217 g/mol. The fraction of sp³-hybridized carbons (Fsp3) is 0. The number of fused-ring (bicyclic) bond motifs is 1. The molecule has 1 aromatic heterocycles. The van der Waals surface area contributed by atoms with Crippen LogP contribution >= 0.6 is 11.6 Å². The second-order valence-electron chi connectivity index (χ2n) is 2.59. The van der Waals surface area contributed by atoms with E-state index in [-0.39, 0.29) is 21.8 Å². The van der Waals surface area contributed by atoms with Crippen LogP contribution in [0.3, 0.4) is 0 Å². The number of hydrogen-bond acceptors (Lipinski definition) is 5. The number of aromatic hydroxyl groups is 1. The summed E-state index contributed by atoms with van der Waals surface area (Å²) in [7, 11) is 0. The smallest absolute Gasteiger partial charge is 0.367 e. The zero-order chi connectivity index (χ0) is 10.3. The van der Waals surface area contributed by atoms with Gasteiger partial charge in [0.25, 0.3) is 0 Å². The monoisotopic (exact) mass is 216 g/mol. The fourth-order valence-electron chi connectivity index (χ4n) is 1.11. The van der Waals surface area contributed by atoms with Gasteiger partial charge in [-0.05, 0) is 6.07 Å². The van der Waals surface area contributed by atoms with Crippen molar-refractivity contribution < 1.29 is 20.5 Å². The van der Waals surface area contributed by atoms with Gasteiger partial charge in [-0.3, -0.25) is 4.89 Å². The van der Waals surface area contributed by atoms with E-state index in [1.165, 1.54) is 12.1 Å². The maximum absolute atomic E-state index is 9.33. The maximum Gasteiger partial charge on any atom is 0.367 e. The number of imidazole rings is 1. The van der Waals surface area contributed by atoms with E-state index in [0.717, 1.165) is 0 Å². The van der Waals surface area contributed by atoms with Crippen molar-refractivity contribution in [3.8, 4) is 11.8 Å². The summed E-state index contributed by atoms with van der Waals surface area (Å²) in [5.74, 6) is -0.165. The molecule has 2 aromatic rings. The third-order valence-corrected chi connectivity index (χ3v) is 2.05. The highest BCUT2D eigenvalue weighted by Gasteiger charge is 2.13. The van der Waals surface area contributed by atoms with Gasteiger partial charge >= 0.3 is 6.01 Å². The van der Waals surface area contributed by atoms with Crippen molar-refractivity contribution >= 4 is 22.6 Å². The van der Waals surface area contributed by atoms with Crippen molar-refractivity contribution in [1.82, 2.24) is 9.71 Å². The first-order valence-electron chi connectivity index (χ1n) is 3.55. The Labute approximate surface area is 82.4 Å². The maximum atomic E-state index is 9.33. The Balaban J connectivity index is 2.80. The third-order valence-electron chi connectivity index (χ3n) is 1.75. The van der Waals surface area contributed by atoms with Gasteiger partial charge in [0.2, 0.25) is 0 Å². The predicted octanol–water partition coefficient (Wildman–Crippen LogP) is 1.48. The predicted molar refractivity (Wildman–Crippen MR) is 46.8 cm³/mol. The van der Waals surface area contributed by atoms with E-state index in [9.17, 15) is 10.3 Å². The van der Waals surface area contributed by atoms with Crippen LogP contribution in [0.15, 0.2) is 12.1 Å². The van der Waals surface area contributed by atoms with Gasteiger partial charge in [0.1, 0.15) is 11.3 Å². The molecule has 2 rings (SSSR count). The van der Waals surface area contributed by atoms with Crippen LogP contribution in [0.4, 0.5) is 0 Å². The van der Waals surface area contributed by atoms with Crippen LogP contribution in [0.1, 0.15) is 0 Å². The molecular formula is C7H5ClN2O4. The molecule has 0 aliphatic carbocycles. The summed E-state index contributed by atoms with van der Waals surface area (Å²) < 4.78 is 0.515. The Morgan fingerprint density at radius 3 is 2.79 bits per heavy atom. The van der Waals surface area contributed by atoms with Gasteiger partial charge in [-0.15, -0.1) is 4.73 Å². The number of benzene rings is 1. The van der Waals surface area contributed by atoms with E-state index in [1.807, 2.05) is 0 Å². The van der Waals surface area contributed by atoms with Gasteiger partial charge < -0.3 is 10.3 Å². The summed E-state index contributed by atoms with van der Waals surface area (Å²) >= 11 is 5.61. The standard InChI is InChI=1S/C7H5ClN2O4/c8-3-1-5-4(2-6(3)11)9-7(14-13)10(5)12/h1-2,11-13H. The Hall–Kier alpha value is -1.66. The Morgan fingerprint density at radius 2 is 2.14 bits per heavy atom. The molecular weight excluding hydrogens is 212 g/mol. The molecule has 3 N–H and O–H groups in total. The third kappa shape index (κ3) is 1.12. The number of rotatable bonds is 1. The molecule has 0 saturated carbocycles. The second kappa shape index (κ2) is 2.93. The summed E-state index contributed by atoms with van der Waals surface area (Å²) in [6.45, 7) is 0. The number of aromatic nitrogens is 2. The van der Waals surface area contributed by atoms with Gasteiger partial charge in [-0.25, -0.2) is 0 Å². The molecule has 1 aromatic carbocycles. The van der Waals surface area contributed by atoms with Gasteiger partial charge in [0, 0.05) is 6.07 Å². The van der Waals surface area contributed by atoms with E-state index < -0.39 is 6.01 Å². The Bertz CT molecular complexity index is 496. The Morgan fingerprint density at radius 1 is 1.43 bits per heavy atom. The van der Waals surface area contributed by atoms with Crippen molar-refractivity contribution in [2.24, 2.45) is 0 Å². The van der Waals surface area contributed by atoms with Crippen LogP contribution in [-0.2, 0) is 0 Å². The molecule has 0 amide bonds. The van der Waals surface area contributed by atoms with Crippen molar-refractivity contribution in [2.75, 3.05) is 0 Å². The zero-order valence-corrected chi connectivity index (χ0v) is 7.43. The van der Waals surface area contributed by atoms with Crippen LogP contribution in [0.5, 0.6) is 11.8 Å². The van der Waals surface area contributed by atoms with Gasteiger partial charge in [-0.1, -0.05) is 11.6 Å². The zero-order valence-electron chi connectivity index (χ0n) is 6.68. The van der Waals surface area contributed by atoms with Crippen LogP contribution in [-0.4, -0.2) is 25.3 Å². The molecule has 0 saturated heterocycles. The van der Waals surface area contributed by atoms with E-state index >= 15 is 0 Å². The molecule has 7 heteroatoms. The van der Waals surface area contributed by atoms with E-state index in [2.05, 4.69) is 9.87 Å². The van der Waals surface area contributed by atoms with Gasteiger partial charge in [-0.2, -0.15) is 10.2 Å². The molecule has 0 fully saturated rings. The lowest BCUT2D eigenvalue weighted by atomic mass is 10.3. The SMILES string of the molecule is OOc1nc2cc(O)c(Cl)cc2n1O. The molecule has 0 atom stereocenters. The highest BCUT2D eigenvalue weighted by atomic mass is 35.5. The molecule has 74 valence electrons. The van der Waals surface area contributed by atoms with Crippen molar-refractivity contribution in [2.45, 2.75) is 0 Å². The number of phenols is 1. The van der Waals surface area contributed by atoms with Crippen LogP contribution in [0, 0.1) is 0 Å². The normalized spacial score (nSPS) is 10.7. The molecule has 0 radical (unpaired) electrons. The average Bonchev–Trinajstić information content (AvgIpc) is 2.45. The summed E-state index contributed by atoms with van der Waals surface area (Å²) in [6, 6.07) is 2.14. The molecule has 0 aliphatic rings. The highest BCUT2D eigenvalue weighted by molar-refractivity contribution is 6.32. The summed E-state index contributed by atoms with van der Waals surface area (Å²) in [5.41, 5.74) is 0.468. The molecule has 0 bridgehead atoms. The number of hydrogen-bond donors (Lipinski definition) is 3. The van der Waals surface area contributed by atoms with Crippen molar-refractivity contribution in [1.29, 1.82) is 0 Å². The molecule has 14 heavy (non-hydrogen) atoms. The van der Waals surface area contributed by atoms with Crippen LogP contribution in [0.2, 0.25) is 5.02 Å². The lowest BCUT2D eigenvalue weighted by molar-refractivity contribution is -0.155. The lowest BCUT2D eigenvalue weighted by Gasteiger charge is -1.97. The van der Waals surface area contributed by atoms with Crippen molar-refractivity contribution in [3.05, 3.63) is 17.2 Å². The largest absolute Gasteiger partial charge is 0.506 e. The minimum Gasteiger partial charge on any atom is -0.506 e. The molecule has 0 spiro atoms. The minimum absolute atomic E-state index is 0.0668. The van der Waals surface area contributed by atoms with E-state index in [4.69, 9.17) is 16.9 Å². The fourth-order valence-corrected chi connectivity index (χ4v) is 1.27. The molecule has 0 unspecified atom stereocenters. The first kappa shape index (κ1) is 8.92.